The third-order valence-corrected chi connectivity index (χ3v) is 11.7. The van der Waals surface area contributed by atoms with Crippen LogP contribution in [0.15, 0.2) is 211 Å². The van der Waals surface area contributed by atoms with Gasteiger partial charge in [-0.2, -0.15) is 0 Å². The van der Waals surface area contributed by atoms with Crippen molar-refractivity contribution in [2.45, 2.75) is 0 Å². The fourth-order valence-corrected chi connectivity index (χ4v) is 9.07. The first-order valence-corrected chi connectivity index (χ1v) is 19.5. The molecule has 0 radical (unpaired) electrons. The summed E-state index contributed by atoms with van der Waals surface area (Å²) >= 11 is 0. The SMILES string of the molecule is c1ccc(N(c2ccc3ccc4ccccc4c3c2)c2ccc3oc4ccc5cc(-c6ccc7c(c6)c6ccccc6n7-c6ccccc6)ccc5c4c3c2)cc1. The summed E-state index contributed by atoms with van der Waals surface area (Å²) in [6, 6.07) is 74.5. The van der Waals surface area contributed by atoms with Gasteiger partial charge < -0.3 is 13.9 Å². The van der Waals surface area contributed by atoms with Crippen molar-refractivity contribution in [2.75, 3.05) is 4.90 Å². The minimum Gasteiger partial charge on any atom is -0.456 e. The number of hydrogen-bond acceptors (Lipinski definition) is 2. The molecule has 57 heavy (non-hydrogen) atoms. The van der Waals surface area contributed by atoms with Crippen LogP contribution < -0.4 is 4.90 Å². The van der Waals surface area contributed by atoms with Gasteiger partial charge in [0.2, 0.25) is 0 Å². The first-order chi connectivity index (χ1) is 28.2. The van der Waals surface area contributed by atoms with E-state index in [4.69, 9.17) is 4.42 Å². The van der Waals surface area contributed by atoms with Crippen molar-refractivity contribution in [1.82, 2.24) is 4.57 Å². The Labute approximate surface area is 328 Å². The van der Waals surface area contributed by atoms with E-state index >= 15 is 0 Å². The molecule has 0 fully saturated rings. The van der Waals surface area contributed by atoms with Crippen LogP contribution in [0.25, 0.3) is 92.9 Å². The number of fused-ring (bicyclic) bond motifs is 11. The van der Waals surface area contributed by atoms with Crippen molar-refractivity contribution in [1.29, 1.82) is 0 Å². The van der Waals surface area contributed by atoms with Crippen LogP contribution in [0.4, 0.5) is 17.1 Å². The summed E-state index contributed by atoms with van der Waals surface area (Å²) in [6.45, 7) is 0. The van der Waals surface area contributed by atoms with E-state index in [-0.39, 0.29) is 0 Å². The largest absolute Gasteiger partial charge is 0.456 e. The zero-order valence-electron chi connectivity index (χ0n) is 30.9. The van der Waals surface area contributed by atoms with Crippen LogP contribution in [0, 0.1) is 0 Å². The van der Waals surface area contributed by atoms with E-state index < -0.39 is 0 Å². The van der Waals surface area contributed by atoms with Crippen molar-refractivity contribution in [3.8, 4) is 16.8 Å². The van der Waals surface area contributed by atoms with Gasteiger partial charge in [-0.25, -0.2) is 0 Å². The standard InChI is InChI=1S/C54H34N2O/c1-3-12-40(13-4-1)55(42-25-21-36-20-19-35-11-7-8-16-44(35)47(36)33-42)43-26-30-52-49(34-43)54-45-27-22-37(31-39(45)24-29-53(54)57-52)38-23-28-51-48(32-38)46-17-9-10-18-50(46)56(51)41-14-5-2-6-15-41/h1-34H. The maximum atomic E-state index is 6.53. The second-order valence-electron chi connectivity index (χ2n) is 14.9. The Balaban J connectivity index is 1.00. The molecule has 0 spiro atoms. The van der Waals surface area contributed by atoms with Crippen LogP contribution >= 0.6 is 0 Å². The van der Waals surface area contributed by atoms with Gasteiger partial charge in [0, 0.05) is 44.3 Å². The van der Waals surface area contributed by atoms with E-state index in [1.807, 2.05) is 0 Å². The predicted octanol–water partition coefficient (Wildman–Crippen LogP) is 15.3. The van der Waals surface area contributed by atoms with Crippen molar-refractivity contribution in [3.05, 3.63) is 206 Å². The molecule has 10 aromatic carbocycles. The molecule has 0 bridgehead atoms. The highest BCUT2D eigenvalue weighted by Gasteiger charge is 2.18. The molecule has 266 valence electrons. The molecule has 0 aliphatic rings. The summed E-state index contributed by atoms with van der Waals surface area (Å²) < 4.78 is 8.90. The van der Waals surface area contributed by atoms with Crippen LogP contribution in [-0.2, 0) is 0 Å². The molecule has 12 rings (SSSR count). The highest BCUT2D eigenvalue weighted by atomic mass is 16.3. The maximum absolute atomic E-state index is 6.53. The fraction of sp³-hybridized carbons (Fsp3) is 0. The van der Waals surface area contributed by atoms with Gasteiger partial charge in [-0.15, -0.1) is 0 Å². The van der Waals surface area contributed by atoms with E-state index in [9.17, 15) is 0 Å². The Morgan fingerprint density at radius 3 is 1.81 bits per heavy atom. The van der Waals surface area contributed by atoms with Gasteiger partial charge in [-0.05, 0) is 128 Å². The van der Waals surface area contributed by atoms with Crippen LogP contribution in [-0.4, -0.2) is 4.57 Å². The van der Waals surface area contributed by atoms with Gasteiger partial charge in [0.25, 0.3) is 0 Å². The number of nitrogens with zero attached hydrogens (tertiary/aromatic N) is 2. The summed E-state index contributed by atoms with van der Waals surface area (Å²) in [5.74, 6) is 0. The number of anilines is 3. The topological polar surface area (TPSA) is 21.3 Å². The van der Waals surface area contributed by atoms with Gasteiger partial charge >= 0.3 is 0 Å². The van der Waals surface area contributed by atoms with Crippen molar-refractivity contribution >= 4 is 93.1 Å². The molecule has 2 heterocycles. The second kappa shape index (κ2) is 12.5. The molecule has 2 aromatic heterocycles. The summed E-state index contributed by atoms with van der Waals surface area (Å²) in [7, 11) is 0. The molecule has 0 aliphatic heterocycles. The lowest BCUT2D eigenvalue weighted by atomic mass is 9.97. The van der Waals surface area contributed by atoms with Crippen molar-refractivity contribution in [3.63, 3.8) is 0 Å². The lowest BCUT2D eigenvalue weighted by Crippen LogP contribution is -2.09. The Hall–Kier alpha value is -7.62. The van der Waals surface area contributed by atoms with E-state index in [1.54, 1.807) is 0 Å². The van der Waals surface area contributed by atoms with Crippen LogP contribution in [0.2, 0.25) is 0 Å². The number of rotatable bonds is 5. The smallest absolute Gasteiger partial charge is 0.136 e. The Kier molecular flexibility index (Phi) is 6.93. The van der Waals surface area contributed by atoms with Crippen molar-refractivity contribution < 1.29 is 4.42 Å². The third kappa shape index (κ3) is 4.99. The zero-order chi connectivity index (χ0) is 37.5. The first-order valence-electron chi connectivity index (χ1n) is 19.5. The summed E-state index contributed by atoms with van der Waals surface area (Å²) in [5.41, 5.74) is 11.0. The third-order valence-electron chi connectivity index (χ3n) is 11.7. The van der Waals surface area contributed by atoms with Crippen LogP contribution in [0.5, 0.6) is 0 Å². The van der Waals surface area contributed by atoms with Gasteiger partial charge in [0.15, 0.2) is 0 Å². The lowest BCUT2D eigenvalue weighted by molar-refractivity contribution is 0.669. The van der Waals surface area contributed by atoms with Gasteiger partial charge in [0.1, 0.15) is 11.2 Å². The molecular formula is C54H34N2O. The molecule has 0 saturated heterocycles. The van der Waals surface area contributed by atoms with Crippen LogP contribution in [0.1, 0.15) is 0 Å². The number of benzene rings is 10. The molecule has 0 N–H and O–H groups in total. The lowest BCUT2D eigenvalue weighted by Gasteiger charge is -2.26. The van der Waals surface area contributed by atoms with Crippen LogP contribution in [0.3, 0.4) is 0 Å². The van der Waals surface area contributed by atoms with E-state index in [0.717, 1.165) is 39.0 Å². The molecule has 12 aromatic rings. The molecular weight excluding hydrogens is 693 g/mol. The number of aromatic nitrogens is 1. The summed E-state index contributed by atoms with van der Waals surface area (Å²) in [5, 5.41) is 12.1. The Morgan fingerprint density at radius 2 is 0.947 bits per heavy atom. The average molecular weight is 727 g/mol. The number of para-hydroxylation sites is 3. The molecule has 3 nitrogen and oxygen atoms in total. The highest BCUT2D eigenvalue weighted by Crippen LogP contribution is 2.43. The summed E-state index contributed by atoms with van der Waals surface area (Å²) in [6.07, 6.45) is 0. The fourth-order valence-electron chi connectivity index (χ4n) is 9.07. The maximum Gasteiger partial charge on any atom is 0.136 e. The first kappa shape index (κ1) is 31.7. The van der Waals surface area contributed by atoms with Gasteiger partial charge in [0.05, 0.1) is 11.0 Å². The summed E-state index contributed by atoms with van der Waals surface area (Å²) in [4.78, 5) is 2.35. The molecule has 0 aliphatic carbocycles. The van der Waals surface area contributed by atoms with Crippen molar-refractivity contribution in [2.24, 2.45) is 0 Å². The van der Waals surface area contributed by atoms with E-state index in [2.05, 4.69) is 216 Å². The molecule has 0 unspecified atom stereocenters. The molecule has 3 heteroatoms. The Bertz CT molecular complexity index is 3520. The molecule has 0 atom stereocenters. The minimum atomic E-state index is 0.878. The monoisotopic (exact) mass is 726 g/mol. The Morgan fingerprint density at radius 1 is 0.333 bits per heavy atom. The normalized spacial score (nSPS) is 11.9. The van der Waals surface area contributed by atoms with Gasteiger partial charge in [-0.3, -0.25) is 0 Å². The molecule has 0 saturated carbocycles. The van der Waals surface area contributed by atoms with E-state index in [1.165, 1.54) is 70.9 Å². The molecule has 0 amide bonds. The highest BCUT2D eigenvalue weighted by molar-refractivity contribution is 6.20. The van der Waals surface area contributed by atoms with Gasteiger partial charge in [-0.1, -0.05) is 121 Å². The zero-order valence-corrected chi connectivity index (χ0v) is 30.9. The quantitative estimate of drug-likeness (QED) is 0.165. The predicted molar refractivity (Wildman–Crippen MR) is 241 cm³/mol. The number of furan rings is 1. The number of hydrogen-bond donors (Lipinski definition) is 0. The second-order valence-corrected chi connectivity index (χ2v) is 14.9. The average Bonchev–Trinajstić information content (AvgIpc) is 3.82. The minimum absolute atomic E-state index is 0.878. The van der Waals surface area contributed by atoms with E-state index in [0.29, 0.717) is 0 Å².